The van der Waals surface area contributed by atoms with Crippen LogP contribution in [0.5, 0.6) is 5.75 Å². The van der Waals surface area contributed by atoms with Crippen LogP contribution in [0.4, 0.5) is 8.78 Å². The van der Waals surface area contributed by atoms with E-state index in [1.807, 2.05) is 0 Å². The van der Waals surface area contributed by atoms with Crippen molar-refractivity contribution in [2.45, 2.75) is 12.8 Å². The van der Waals surface area contributed by atoms with Gasteiger partial charge in [0, 0.05) is 18.4 Å². The number of alkyl halides is 1. The molecule has 3 nitrogen and oxygen atoms in total. The summed E-state index contributed by atoms with van der Waals surface area (Å²) in [6.45, 7) is 0.149. The van der Waals surface area contributed by atoms with Gasteiger partial charge < -0.3 is 10.1 Å². The van der Waals surface area contributed by atoms with E-state index < -0.39 is 11.6 Å². The van der Waals surface area contributed by atoms with Crippen molar-refractivity contribution in [3.63, 3.8) is 0 Å². The first-order valence-corrected chi connectivity index (χ1v) is 6.53. The lowest BCUT2D eigenvalue weighted by atomic mass is 10.3. The second-order valence-corrected chi connectivity index (χ2v) is 4.16. The minimum Gasteiger partial charge on any atom is -0.478 e. The van der Waals surface area contributed by atoms with Crippen LogP contribution in [-0.4, -0.2) is 24.9 Å². The van der Waals surface area contributed by atoms with E-state index in [1.54, 1.807) is 0 Å². The fourth-order valence-corrected chi connectivity index (χ4v) is 1.41. The van der Waals surface area contributed by atoms with E-state index in [2.05, 4.69) is 17.2 Å². The molecule has 1 rings (SSSR count). The predicted molar refractivity (Wildman–Crippen MR) is 72.6 cm³/mol. The molecule has 108 valence electrons. The third-order valence-corrected chi connectivity index (χ3v) is 2.50. The molecule has 0 saturated heterocycles. The van der Waals surface area contributed by atoms with E-state index in [9.17, 15) is 13.6 Å². The molecule has 0 aliphatic rings. The molecule has 1 N–H and O–H groups in total. The quantitative estimate of drug-likeness (QED) is 0.647. The average Bonchev–Trinajstić information content (AvgIpc) is 2.42. The normalized spacial score (nSPS) is 9.55. The summed E-state index contributed by atoms with van der Waals surface area (Å²) in [4.78, 5) is 11.2. The highest BCUT2D eigenvalue weighted by atomic mass is 35.5. The first-order valence-electron chi connectivity index (χ1n) is 5.99. The zero-order chi connectivity index (χ0) is 14.8. The fourth-order valence-electron chi connectivity index (χ4n) is 1.28. The molecule has 0 aliphatic heterocycles. The number of halogens is 3. The van der Waals surface area contributed by atoms with Gasteiger partial charge in [0.2, 0.25) is 5.91 Å². The van der Waals surface area contributed by atoms with Crippen LogP contribution < -0.4 is 10.1 Å². The summed E-state index contributed by atoms with van der Waals surface area (Å²) in [6.07, 6.45) is 0.982. The summed E-state index contributed by atoms with van der Waals surface area (Å²) < 4.78 is 30.8. The van der Waals surface area contributed by atoms with E-state index in [0.717, 1.165) is 12.1 Å². The van der Waals surface area contributed by atoms with Crippen LogP contribution in [0.25, 0.3) is 0 Å². The number of hydrogen-bond donors (Lipinski definition) is 1. The second-order valence-electron chi connectivity index (χ2n) is 3.79. The molecule has 1 aromatic carbocycles. The monoisotopic (exact) mass is 301 g/mol. The molecule has 6 heteroatoms. The Hall–Kier alpha value is -1.80. The fraction of sp³-hybridized carbons (Fsp3) is 0.357. The van der Waals surface area contributed by atoms with Gasteiger partial charge in [0.05, 0.1) is 6.54 Å². The topological polar surface area (TPSA) is 38.3 Å². The first kappa shape index (κ1) is 16.3. The number of amides is 1. The molecular weight excluding hydrogens is 288 g/mol. The second kappa shape index (κ2) is 9.16. The first-order chi connectivity index (χ1) is 9.63. The van der Waals surface area contributed by atoms with E-state index in [-0.39, 0.29) is 24.8 Å². The maximum Gasteiger partial charge on any atom is 0.220 e. The predicted octanol–water partition coefficient (Wildman–Crippen LogP) is 2.48. The number of hydrogen-bond acceptors (Lipinski definition) is 2. The van der Waals surface area contributed by atoms with E-state index in [1.165, 1.54) is 6.07 Å². The number of carbonyl (C=O) groups is 1. The Kier molecular flexibility index (Phi) is 7.44. The number of carbonyl (C=O) groups excluding carboxylic acids is 1. The molecular formula is C14H14ClF2NO2. The summed E-state index contributed by atoms with van der Waals surface area (Å²) in [5, 5.41) is 2.58. The van der Waals surface area contributed by atoms with Gasteiger partial charge in [-0.3, -0.25) is 4.79 Å². The van der Waals surface area contributed by atoms with Crippen LogP contribution in [0.15, 0.2) is 18.2 Å². The van der Waals surface area contributed by atoms with Crippen LogP contribution >= 0.6 is 11.6 Å². The Morgan fingerprint density at radius 1 is 1.35 bits per heavy atom. The Balaban J connectivity index is 2.24. The van der Waals surface area contributed by atoms with Crippen LogP contribution in [0.3, 0.4) is 0 Å². The lowest BCUT2D eigenvalue weighted by molar-refractivity contribution is -0.120. The van der Waals surface area contributed by atoms with Crippen molar-refractivity contribution in [3.05, 3.63) is 29.8 Å². The SMILES string of the molecule is O=C(CCCCl)NCC#CCOc1ccc(F)cc1F. The maximum atomic E-state index is 13.2. The Morgan fingerprint density at radius 2 is 2.15 bits per heavy atom. The Bertz CT molecular complexity index is 512. The number of rotatable bonds is 6. The molecule has 0 aliphatic carbocycles. The summed E-state index contributed by atoms with van der Waals surface area (Å²) in [5.74, 6) is 4.09. The van der Waals surface area contributed by atoms with Crippen molar-refractivity contribution in [2.75, 3.05) is 19.0 Å². The molecule has 0 unspecified atom stereocenters. The maximum absolute atomic E-state index is 13.2. The number of benzene rings is 1. The summed E-state index contributed by atoms with van der Waals surface area (Å²) >= 11 is 5.45. The molecule has 20 heavy (non-hydrogen) atoms. The van der Waals surface area contributed by atoms with Gasteiger partial charge in [0.15, 0.2) is 11.6 Å². The van der Waals surface area contributed by atoms with Crippen molar-refractivity contribution in [2.24, 2.45) is 0 Å². The van der Waals surface area contributed by atoms with Crippen LogP contribution in [0, 0.1) is 23.5 Å². The molecule has 0 radical (unpaired) electrons. The standard InChI is InChI=1S/C14H14ClF2NO2/c15-7-3-4-14(19)18-8-1-2-9-20-13-6-5-11(16)10-12(13)17/h5-6,10H,3-4,7-9H2,(H,18,19). The van der Waals surface area contributed by atoms with Gasteiger partial charge >= 0.3 is 0 Å². The molecule has 0 spiro atoms. The minimum atomic E-state index is -0.777. The summed E-state index contributed by atoms with van der Waals surface area (Å²) in [5.41, 5.74) is 0. The van der Waals surface area contributed by atoms with Crippen LogP contribution in [0.2, 0.25) is 0 Å². The third-order valence-electron chi connectivity index (χ3n) is 2.23. The highest BCUT2D eigenvalue weighted by Crippen LogP contribution is 2.16. The molecule has 1 aromatic rings. The molecule has 0 bridgehead atoms. The van der Waals surface area contributed by atoms with Gasteiger partial charge in [-0.25, -0.2) is 8.78 Å². The highest BCUT2D eigenvalue weighted by molar-refractivity contribution is 6.17. The van der Waals surface area contributed by atoms with E-state index in [4.69, 9.17) is 16.3 Å². The minimum absolute atomic E-state index is 0.0416. The lowest BCUT2D eigenvalue weighted by Crippen LogP contribution is -2.23. The van der Waals surface area contributed by atoms with Gasteiger partial charge in [0.1, 0.15) is 12.4 Å². The lowest BCUT2D eigenvalue weighted by Gasteiger charge is -2.02. The van der Waals surface area contributed by atoms with Gasteiger partial charge in [0.25, 0.3) is 0 Å². The van der Waals surface area contributed by atoms with Crippen molar-refractivity contribution in [1.82, 2.24) is 5.32 Å². The highest BCUT2D eigenvalue weighted by Gasteiger charge is 2.03. The zero-order valence-electron chi connectivity index (χ0n) is 10.7. The molecule has 0 aromatic heterocycles. The zero-order valence-corrected chi connectivity index (χ0v) is 11.5. The van der Waals surface area contributed by atoms with Crippen molar-refractivity contribution < 1.29 is 18.3 Å². The van der Waals surface area contributed by atoms with Gasteiger partial charge in [-0.15, -0.1) is 11.6 Å². The van der Waals surface area contributed by atoms with Gasteiger partial charge in [-0.05, 0) is 18.6 Å². The van der Waals surface area contributed by atoms with E-state index >= 15 is 0 Å². The van der Waals surface area contributed by atoms with Gasteiger partial charge in [-0.2, -0.15) is 0 Å². The van der Waals surface area contributed by atoms with Crippen molar-refractivity contribution in [1.29, 1.82) is 0 Å². The smallest absolute Gasteiger partial charge is 0.220 e. The van der Waals surface area contributed by atoms with Crippen molar-refractivity contribution >= 4 is 17.5 Å². The van der Waals surface area contributed by atoms with E-state index in [0.29, 0.717) is 18.7 Å². The third kappa shape index (κ3) is 6.39. The number of nitrogens with one attached hydrogen (secondary N) is 1. The largest absolute Gasteiger partial charge is 0.478 e. The van der Waals surface area contributed by atoms with Crippen LogP contribution in [-0.2, 0) is 4.79 Å². The average molecular weight is 302 g/mol. The Labute approximate surface area is 121 Å². The summed E-state index contributed by atoms with van der Waals surface area (Å²) in [6, 6.07) is 3.03. The van der Waals surface area contributed by atoms with Gasteiger partial charge in [-0.1, -0.05) is 11.8 Å². The number of ether oxygens (including phenoxy) is 1. The Morgan fingerprint density at radius 3 is 2.85 bits per heavy atom. The van der Waals surface area contributed by atoms with Crippen molar-refractivity contribution in [3.8, 4) is 17.6 Å². The molecule has 0 fully saturated rings. The molecule has 0 heterocycles. The summed E-state index contributed by atoms with van der Waals surface area (Å²) in [7, 11) is 0. The van der Waals surface area contributed by atoms with Crippen LogP contribution in [0.1, 0.15) is 12.8 Å². The molecule has 0 atom stereocenters. The molecule has 1 amide bonds. The molecule has 0 saturated carbocycles.